The molecule has 0 aromatic carbocycles. The Labute approximate surface area is 437 Å². The third kappa shape index (κ3) is 55.7. The molecule has 2 unspecified atom stereocenters. The van der Waals surface area contributed by atoms with Crippen LogP contribution in [0.1, 0.15) is 348 Å². The molecule has 6 nitrogen and oxygen atoms in total. The molecule has 0 saturated heterocycles. The van der Waals surface area contributed by atoms with E-state index in [0.717, 1.165) is 44.9 Å². The molecule has 0 aromatic rings. The summed E-state index contributed by atoms with van der Waals surface area (Å²) in [6.07, 6.45) is 73.7. The number of hydrogen-bond acceptors (Lipinski definition) is 5. The smallest absolute Gasteiger partial charge is 0.305 e. The van der Waals surface area contributed by atoms with Crippen LogP contribution in [0.3, 0.4) is 0 Å². The predicted octanol–water partition coefficient (Wildman–Crippen LogP) is 19.8. The molecule has 414 valence electrons. The van der Waals surface area contributed by atoms with E-state index in [1.165, 1.54) is 276 Å². The van der Waals surface area contributed by atoms with E-state index in [1.807, 2.05) is 6.08 Å². The Morgan fingerprint density at radius 1 is 0.386 bits per heavy atom. The van der Waals surface area contributed by atoms with Gasteiger partial charge in [0.2, 0.25) is 5.91 Å². The number of rotatable bonds is 59. The maximum Gasteiger partial charge on any atom is 0.305 e. The topological polar surface area (TPSA) is 95.9 Å². The summed E-state index contributed by atoms with van der Waals surface area (Å²) in [6, 6.07) is -0.625. The van der Waals surface area contributed by atoms with Crippen molar-refractivity contribution < 1.29 is 24.5 Å². The summed E-state index contributed by atoms with van der Waals surface area (Å²) in [5.41, 5.74) is 0. The molecule has 0 bridgehead atoms. The number of unbranched alkanes of at least 4 members (excludes halogenated alkanes) is 46. The molecule has 1 amide bonds. The third-order valence-corrected chi connectivity index (χ3v) is 14.7. The van der Waals surface area contributed by atoms with Crippen molar-refractivity contribution in [2.24, 2.45) is 0 Å². The molecule has 0 aliphatic carbocycles. The fraction of sp³-hybridized carbons (Fsp3) is 0.906. The van der Waals surface area contributed by atoms with E-state index in [1.54, 1.807) is 6.08 Å². The Hall–Kier alpha value is -1.66. The first kappa shape index (κ1) is 68.3. The van der Waals surface area contributed by atoms with Gasteiger partial charge >= 0.3 is 5.97 Å². The van der Waals surface area contributed by atoms with Crippen LogP contribution in [0.5, 0.6) is 0 Å². The van der Waals surface area contributed by atoms with Crippen molar-refractivity contribution >= 4 is 11.9 Å². The highest BCUT2D eigenvalue weighted by molar-refractivity contribution is 5.76. The number of carbonyl (C=O) groups is 2. The lowest BCUT2D eigenvalue weighted by atomic mass is 10.0. The Bertz CT molecular complexity index is 1090. The van der Waals surface area contributed by atoms with E-state index in [0.29, 0.717) is 19.4 Å². The van der Waals surface area contributed by atoms with E-state index >= 15 is 0 Å². The maximum absolute atomic E-state index is 12.5. The van der Waals surface area contributed by atoms with Crippen LogP contribution < -0.4 is 5.32 Å². The van der Waals surface area contributed by atoms with Crippen LogP contribution >= 0.6 is 0 Å². The Kier molecular flexibility index (Phi) is 58.5. The molecule has 0 radical (unpaired) electrons. The SMILES string of the molecule is CCCC/C=C\CCCCCCCC(=O)OCCCCCCCCCCCCCCCCCCCCCCCCCCCCCC(=O)NC(CO)C(O)/C=C/CCCCCCCCCCCCCCC. The molecule has 6 heteroatoms. The van der Waals surface area contributed by atoms with Gasteiger partial charge in [0.25, 0.3) is 0 Å². The van der Waals surface area contributed by atoms with E-state index in [2.05, 4.69) is 31.3 Å². The van der Waals surface area contributed by atoms with Crippen molar-refractivity contribution in [3.63, 3.8) is 0 Å². The molecular weight excluding hydrogens is 863 g/mol. The number of amides is 1. The molecule has 0 aliphatic rings. The second kappa shape index (κ2) is 59.9. The zero-order valence-electron chi connectivity index (χ0n) is 47.3. The van der Waals surface area contributed by atoms with Gasteiger partial charge in [-0.15, -0.1) is 0 Å². The van der Waals surface area contributed by atoms with Gasteiger partial charge in [-0.05, 0) is 51.4 Å². The molecular formula is C64H123NO5. The normalized spacial score (nSPS) is 12.7. The maximum atomic E-state index is 12.5. The van der Waals surface area contributed by atoms with Gasteiger partial charge < -0.3 is 20.3 Å². The standard InChI is InChI=1S/C64H123NO5/c1-3-5-7-9-11-13-15-16-30-33-37-40-44-48-52-56-62(67)61(60-66)65-63(68)57-53-49-45-41-38-34-31-28-26-24-22-20-18-17-19-21-23-25-27-29-32-35-39-43-47-51-55-59-70-64(69)58-54-50-46-42-36-14-12-10-8-6-4-2/h10,12,52,56,61-62,66-67H,3-9,11,13-51,53-55,57-60H2,1-2H3,(H,65,68)/b12-10-,56-52+. The summed E-state index contributed by atoms with van der Waals surface area (Å²) >= 11 is 0. The lowest BCUT2D eigenvalue weighted by Crippen LogP contribution is -2.45. The van der Waals surface area contributed by atoms with Crippen LogP contribution in [0, 0.1) is 0 Å². The summed E-state index contributed by atoms with van der Waals surface area (Å²) in [6.45, 7) is 4.89. The average molecular weight is 987 g/mol. The molecule has 3 N–H and O–H groups in total. The van der Waals surface area contributed by atoms with Gasteiger partial charge in [0.05, 0.1) is 25.4 Å². The number of aliphatic hydroxyl groups is 2. The second-order valence-corrected chi connectivity index (χ2v) is 21.7. The largest absolute Gasteiger partial charge is 0.466 e. The summed E-state index contributed by atoms with van der Waals surface area (Å²) in [5, 5.41) is 23.1. The molecule has 0 spiro atoms. The zero-order valence-corrected chi connectivity index (χ0v) is 47.3. The van der Waals surface area contributed by atoms with Crippen LogP contribution in [0.25, 0.3) is 0 Å². The first-order valence-corrected chi connectivity index (χ1v) is 31.6. The highest BCUT2D eigenvalue weighted by Gasteiger charge is 2.18. The number of ether oxygens (including phenoxy) is 1. The van der Waals surface area contributed by atoms with Crippen molar-refractivity contribution in [1.29, 1.82) is 0 Å². The van der Waals surface area contributed by atoms with Gasteiger partial charge in [0, 0.05) is 12.8 Å². The van der Waals surface area contributed by atoms with E-state index in [4.69, 9.17) is 4.74 Å². The lowest BCUT2D eigenvalue weighted by Gasteiger charge is -2.20. The summed E-state index contributed by atoms with van der Waals surface area (Å²) in [4.78, 5) is 24.5. The summed E-state index contributed by atoms with van der Waals surface area (Å²) < 4.78 is 5.46. The highest BCUT2D eigenvalue weighted by atomic mass is 16.5. The molecule has 2 atom stereocenters. The molecule has 0 fully saturated rings. The lowest BCUT2D eigenvalue weighted by molar-refractivity contribution is -0.143. The quantitative estimate of drug-likeness (QED) is 0.0321. The van der Waals surface area contributed by atoms with Crippen LogP contribution in [-0.4, -0.2) is 47.4 Å². The molecule has 0 rings (SSSR count). The fourth-order valence-corrected chi connectivity index (χ4v) is 9.85. The third-order valence-electron chi connectivity index (χ3n) is 14.7. The first-order chi connectivity index (χ1) is 34.5. The highest BCUT2D eigenvalue weighted by Crippen LogP contribution is 2.18. The minimum absolute atomic E-state index is 0.00674. The van der Waals surface area contributed by atoms with Crippen molar-refractivity contribution in [2.45, 2.75) is 360 Å². The zero-order chi connectivity index (χ0) is 50.7. The minimum atomic E-state index is -0.842. The number of nitrogens with one attached hydrogen (secondary N) is 1. The number of aliphatic hydroxyl groups excluding tert-OH is 2. The Balaban J connectivity index is 3.37. The summed E-state index contributed by atoms with van der Waals surface area (Å²) in [7, 11) is 0. The van der Waals surface area contributed by atoms with E-state index in [9.17, 15) is 19.8 Å². The monoisotopic (exact) mass is 986 g/mol. The molecule has 70 heavy (non-hydrogen) atoms. The number of allylic oxidation sites excluding steroid dienone is 3. The van der Waals surface area contributed by atoms with Crippen LogP contribution in [-0.2, 0) is 14.3 Å². The Morgan fingerprint density at radius 3 is 1.06 bits per heavy atom. The Morgan fingerprint density at radius 2 is 0.686 bits per heavy atom. The van der Waals surface area contributed by atoms with Crippen molar-refractivity contribution in [2.75, 3.05) is 13.2 Å². The van der Waals surface area contributed by atoms with Gasteiger partial charge in [-0.1, -0.05) is 308 Å². The average Bonchev–Trinajstić information content (AvgIpc) is 3.36. The van der Waals surface area contributed by atoms with Gasteiger partial charge in [-0.2, -0.15) is 0 Å². The van der Waals surface area contributed by atoms with Gasteiger partial charge in [-0.25, -0.2) is 0 Å². The van der Waals surface area contributed by atoms with Crippen LogP contribution in [0.4, 0.5) is 0 Å². The number of esters is 1. The van der Waals surface area contributed by atoms with Crippen molar-refractivity contribution in [1.82, 2.24) is 5.32 Å². The minimum Gasteiger partial charge on any atom is -0.466 e. The first-order valence-electron chi connectivity index (χ1n) is 31.6. The van der Waals surface area contributed by atoms with Crippen LogP contribution in [0.15, 0.2) is 24.3 Å². The molecule has 0 heterocycles. The molecule has 0 aliphatic heterocycles. The van der Waals surface area contributed by atoms with Gasteiger partial charge in [0.1, 0.15) is 0 Å². The molecule has 0 saturated carbocycles. The van der Waals surface area contributed by atoms with Gasteiger partial charge in [-0.3, -0.25) is 9.59 Å². The number of hydrogen-bond donors (Lipinski definition) is 3. The summed E-state index contributed by atoms with van der Waals surface area (Å²) in [5.74, 6) is -0.0567. The van der Waals surface area contributed by atoms with Crippen LogP contribution in [0.2, 0.25) is 0 Å². The van der Waals surface area contributed by atoms with Gasteiger partial charge in [0.15, 0.2) is 0 Å². The van der Waals surface area contributed by atoms with E-state index in [-0.39, 0.29) is 18.5 Å². The number of carbonyl (C=O) groups excluding carboxylic acids is 2. The second-order valence-electron chi connectivity index (χ2n) is 21.7. The fourth-order valence-electron chi connectivity index (χ4n) is 9.85. The van der Waals surface area contributed by atoms with Crippen molar-refractivity contribution in [3.8, 4) is 0 Å². The predicted molar refractivity (Wildman–Crippen MR) is 306 cm³/mol. The van der Waals surface area contributed by atoms with E-state index < -0.39 is 12.1 Å². The van der Waals surface area contributed by atoms with Crippen molar-refractivity contribution in [3.05, 3.63) is 24.3 Å². The molecule has 0 aromatic heterocycles.